The van der Waals surface area contributed by atoms with Crippen molar-refractivity contribution in [3.05, 3.63) is 33.8 Å². The van der Waals surface area contributed by atoms with E-state index in [0.29, 0.717) is 19.3 Å². The van der Waals surface area contributed by atoms with Gasteiger partial charge in [0.05, 0.1) is 12.7 Å². The van der Waals surface area contributed by atoms with Crippen LogP contribution >= 0.6 is 15.9 Å². The van der Waals surface area contributed by atoms with Gasteiger partial charge in [-0.25, -0.2) is 0 Å². The van der Waals surface area contributed by atoms with Crippen molar-refractivity contribution in [3.63, 3.8) is 0 Å². The van der Waals surface area contributed by atoms with Crippen LogP contribution in [-0.2, 0) is 4.74 Å². The highest BCUT2D eigenvalue weighted by atomic mass is 79.9. The van der Waals surface area contributed by atoms with Gasteiger partial charge < -0.3 is 10.1 Å². The molecule has 0 aromatic heterocycles. The van der Waals surface area contributed by atoms with Crippen molar-refractivity contribution >= 4 is 21.8 Å². The summed E-state index contributed by atoms with van der Waals surface area (Å²) in [6.07, 6.45) is 5.28. The number of benzene rings is 1. The van der Waals surface area contributed by atoms with E-state index in [1.165, 1.54) is 25.7 Å². The van der Waals surface area contributed by atoms with E-state index >= 15 is 0 Å². The summed E-state index contributed by atoms with van der Waals surface area (Å²) < 4.78 is 6.68. The normalized spacial score (nSPS) is 15.7. The summed E-state index contributed by atoms with van der Waals surface area (Å²) in [7, 11) is 0. The zero-order valence-electron chi connectivity index (χ0n) is 11.2. The molecule has 1 aromatic carbocycles. The Bertz CT molecular complexity index is 442. The number of ether oxygens (including phenoxy) is 1. The lowest BCUT2D eigenvalue weighted by Crippen LogP contribution is -2.29. The van der Waals surface area contributed by atoms with E-state index in [-0.39, 0.29) is 5.91 Å². The maximum atomic E-state index is 12.0. The Morgan fingerprint density at radius 3 is 2.89 bits per heavy atom. The van der Waals surface area contributed by atoms with Crippen LogP contribution in [0.2, 0.25) is 0 Å². The Morgan fingerprint density at radius 1 is 1.42 bits per heavy atom. The van der Waals surface area contributed by atoms with Crippen molar-refractivity contribution in [1.82, 2.24) is 5.32 Å². The molecule has 19 heavy (non-hydrogen) atoms. The van der Waals surface area contributed by atoms with E-state index in [1.54, 1.807) is 0 Å². The van der Waals surface area contributed by atoms with Crippen molar-refractivity contribution < 1.29 is 9.53 Å². The maximum Gasteiger partial charge on any atom is 0.251 e. The maximum absolute atomic E-state index is 12.0. The first-order chi connectivity index (χ1) is 9.18. The van der Waals surface area contributed by atoms with Crippen molar-refractivity contribution in [2.75, 3.05) is 13.2 Å². The Labute approximate surface area is 122 Å². The molecule has 0 atom stereocenters. The molecule has 0 radical (unpaired) electrons. The number of carbonyl (C=O) groups excluding carboxylic acids is 1. The van der Waals surface area contributed by atoms with Gasteiger partial charge in [0, 0.05) is 16.6 Å². The zero-order valence-corrected chi connectivity index (χ0v) is 12.8. The molecule has 0 aliphatic heterocycles. The fourth-order valence-corrected chi connectivity index (χ4v) is 2.76. The minimum atomic E-state index is -0.0335. The molecule has 4 heteroatoms. The number of amides is 1. The highest BCUT2D eigenvalue weighted by Crippen LogP contribution is 2.21. The van der Waals surface area contributed by atoms with Crippen LogP contribution in [-0.4, -0.2) is 25.2 Å². The summed E-state index contributed by atoms with van der Waals surface area (Å²) in [5.41, 5.74) is 1.69. The van der Waals surface area contributed by atoms with Crippen molar-refractivity contribution in [1.29, 1.82) is 0 Å². The number of halogens is 1. The van der Waals surface area contributed by atoms with E-state index < -0.39 is 0 Å². The highest BCUT2D eigenvalue weighted by molar-refractivity contribution is 9.10. The van der Waals surface area contributed by atoms with Gasteiger partial charge in [0.2, 0.25) is 0 Å². The van der Waals surface area contributed by atoms with Crippen molar-refractivity contribution in [2.24, 2.45) is 0 Å². The molecule has 1 aliphatic rings. The van der Waals surface area contributed by atoms with Gasteiger partial charge in [-0.15, -0.1) is 0 Å². The smallest absolute Gasteiger partial charge is 0.251 e. The van der Waals surface area contributed by atoms with Crippen LogP contribution in [0.1, 0.15) is 41.6 Å². The van der Waals surface area contributed by atoms with Gasteiger partial charge in [-0.2, -0.15) is 0 Å². The molecule has 1 saturated carbocycles. The second kappa shape index (κ2) is 7.06. The summed E-state index contributed by atoms with van der Waals surface area (Å²) in [6, 6.07) is 5.66. The summed E-state index contributed by atoms with van der Waals surface area (Å²) in [4.78, 5) is 12.0. The molecule has 3 nitrogen and oxygen atoms in total. The standard InChI is InChI=1S/C15H20BrNO2/c1-11-13(7-4-8-14(11)16)15(18)17-9-10-19-12-5-2-3-6-12/h4,7-8,12H,2-3,5-6,9-10H2,1H3,(H,17,18). The van der Waals surface area contributed by atoms with E-state index in [4.69, 9.17) is 4.74 Å². The average Bonchev–Trinajstić information content (AvgIpc) is 2.91. The fraction of sp³-hybridized carbons (Fsp3) is 0.533. The number of hydrogen-bond acceptors (Lipinski definition) is 2. The third-order valence-corrected chi connectivity index (χ3v) is 4.41. The van der Waals surface area contributed by atoms with Crippen LogP contribution in [0.15, 0.2) is 22.7 Å². The molecule has 0 saturated heterocycles. The molecule has 0 heterocycles. The second-order valence-electron chi connectivity index (χ2n) is 4.95. The molecule has 2 rings (SSSR count). The third-order valence-electron chi connectivity index (χ3n) is 3.56. The Balaban J connectivity index is 1.76. The molecule has 1 aliphatic carbocycles. The lowest BCUT2D eigenvalue weighted by atomic mass is 10.1. The molecule has 0 bridgehead atoms. The fourth-order valence-electron chi connectivity index (χ4n) is 2.39. The SMILES string of the molecule is Cc1c(Br)cccc1C(=O)NCCOC1CCCC1. The minimum Gasteiger partial charge on any atom is -0.376 e. The summed E-state index contributed by atoms with van der Waals surface area (Å²) >= 11 is 3.44. The number of carbonyl (C=O) groups is 1. The van der Waals surface area contributed by atoms with Crippen LogP contribution in [0.4, 0.5) is 0 Å². The quantitative estimate of drug-likeness (QED) is 0.842. The molecular formula is C15H20BrNO2. The second-order valence-corrected chi connectivity index (χ2v) is 5.80. The summed E-state index contributed by atoms with van der Waals surface area (Å²) in [5.74, 6) is -0.0335. The molecule has 1 aromatic rings. The molecular weight excluding hydrogens is 306 g/mol. The van der Waals surface area contributed by atoms with Gasteiger partial charge in [0.25, 0.3) is 5.91 Å². The third kappa shape index (κ3) is 4.05. The minimum absolute atomic E-state index is 0.0335. The predicted molar refractivity (Wildman–Crippen MR) is 79.4 cm³/mol. The van der Waals surface area contributed by atoms with Gasteiger partial charge in [-0.3, -0.25) is 4.79 Å². The molecule has 1 N–H and O–H groups in total. The van der Waals surface area contributed by atoms with Gasteiger partial charge in [-0.1, -0.05) is 34.8 Å². The lowest BCUT2D eigenvalue weighted by molar-refractivity contribution is 0.0581. The average molecular weight is 326 g/mol. The molecule has 104 valence electrons. The van der Waals surface area contributed by atoms with Crippen molar-refractivity contribution in [3.8, 4) is 0 Å². The van der Waals surface area contributed by atoms with E-state index in [2.05, 4.69) is 21.2 Å². The van der Waals surface area contributed by atoms with Crippen LogP contribution in [0.25, 0.3) is 0 Å². The summed E-state index contributed by atoms with van der Waals surface area (Å²) in [5, 5.41) is 2.91. The predicted octanol–water partition coefficient (Wildman–Crippen LogP) is 3.45. The number of hydrogen-bond donors (Lipinski definition) is 1. The van der Waals surface area contributed by atoms with Crippen LogP contribution in [0, 0.1) is 6.92 Å². The van der Waals surface area contributed by atoms with Gasteiger partial charge >= 0.3 is 0 Å². The lowest BCUT2D eigenvalue weighted by Gasteiger charge is -2.12. The van der Waals surface area contributed by atoms with Gasteiger partial charge in [0.15, 0.2) is 0 Å². The molecule has 0 spiro atoms. The number of rotatable bonds is 5. The van der Waals surface area contributed by atoms with Crippen LogP contribution in [0.5, 0.6) is 0 Å². The topological polar surface area (TPSA) is 38.3 Å². The first-order valence-corrected chi connectivity index (χ1v) is 7.62. The molecule has 0 unspecified atom stereocenters. The van der Waals surface area contributed by atoms with Gasteiger partial charge in [-0.05, 0) is 37.5 Å². The largest absolute Gasteiger partial charge is 0.376 e. The van der Waals surface area contributed by atoms with Crippen molar-refractivity contribution in [2.45, 2.75) is 38.7 Å². The van der Waals surface area contributed by atoms with Crippen LogP contribution in [0.3, 0.4) is 0 Å². The molecule has 1 fully saturated rings. The highest BCUT2D eigenvalue weighted by Gasteiger charge is 2.15. The van der Waals surface area contributed by atoms with E-state index in [9.17, 15) is 4.79 Å². The monoisotopic (exact) mass is 325 g/mol. The van der Waals surface area contributed by atoms with Crippen LogP contribution < -0.4 is 5.32 Å². The Morgan fingerprint density at radius 2 is 2.16 bits per heavy atom. The van der Waals surface area contributed by atoms with E-state index in [0.717, 1.165) is 15.6 Å². The number of nitrogens with one attached hydrogen (secondary N) is 1. The Kier molecular flexibility index (Phi) is 5.40. The zero-order chi connectivity index (χ0) is 13.7. The first-order valence-electron chi connectivity index (χ1n) is 6.83. The molecule has 1 amide bonds. The van der Waals surface area contributed by atoms with Gasteiger partial charge in [0.1, 0.15) is 0 Å². The first kappa shape index (κ1) is 14.5. The van der Waals surface area contributed by atoms with E-state index in [1.807, 2.05) is 25.1 Å². The Hall–Kier alpha value is -0.870. The summed E-state index contributed by atoms with van der Waals surface area (Å²) in [6.45, 7) is 3.11.